The van der Waals surface area contributed by atoms with Crippen LogP contribution in [-0.4, -0.2) is 28.3 Å². The highest BCUT2D eigenvalue weighted by atomic mass is 16.5. The summed E-state index contributed by atoms with van der Waals surface area (Å²) in [5.41, 5.74) is 1.54. The smallest absolute Gasteiger partial charge is 0.409 e. The highest BCUT2D eigenvalue weighted by molar-refractivity contribution is 6.02. The number of carbonyl (C=O) groups is 1. The van der Waals surface area contributed by atoms with E-state index >= 15 is 0 Å². The Morgan fingerprint density at radius 1 is 1.00 bits per heavy atom. The number of aromatic nitrogens is 2. The van der Waals surface area contributed by atoms with Crippen LogP contribution in [0.4, 0.5) is 16.4 Å². The van der Waals surface area contributed by atoms with Crippen molar-refractivity contribution < 1.29 is 19.4 Å². The first-order valence-electron chi connectivity index (χ1n) is 9.52. The van der Waals surface area contributed by atoms with E-state index in [0.29, 0.717) is 29.8 Å². The van der Waals surface area contributed by atoms with Crippen LogP contribution in [0.1, 0.15) is 5.56 Å². The van der Waals surface area contributed by atoms with Crippen molar-refractivity contribution in [2.45, 2.75) is 6.54 Å². The van der Waals surface area contributed by atoms with Gasteiger partial charge in [0, 0.05) is 29.6 Å². The number of methoxy groups -OCH3 is 1. The van der Waals surface area contributed by atoms with Gasteiger partial charge in [-0.2, -0.15) is 4.98 Å². The predicted molar refractivity (Wildman–Crippen MR) is 118 cm³/mol. The van der Waals surface area contributed by atoms with Gasteiger partial charge in [0.05, 0.1) is 12.8 Å². The van der Waals surface area contributed by atoms with Crippen LogP contribution in [0.2, 0.25) is 0 Å². The lowest BCUT2D eigenvalue weighted by molar-refractivity contribution is 0.210. The van der Waals surface area contributed by atoms with Crippen LogP contribution < -0.4 is 20.1 Å². The summed E-state index contributed by atoms with van der Waals surface area (Å²) in [4.78, 5) is 19.7. The largest absolute Gasteiger partial charge is 0.497 e. The van der Waals surface area contributed by atoms with Crippen molar-refractivity contribution in [2.75, 3.05) is 17.7 Å². The maximum atomic E-state index is 11.0. The Kier molecular flexibility index (Phi) is 5.79. The van der Waals surface area contributed by atoms with Gasteiger partial charge in [0.15, 0.2) is 0 Å². The molecule has 8 heteroatoms. The van der Waals surface area contributed by atoms with Gasteiger partial charge in [-0.1, -0.05) is 36.4 Å². The molecule has 1 amide bonds. The molecular formula is C23H20N4O4. The fourth-order valence-electron chi connectivity index (χ4n) is 3.11. The minimum atomic E-state index is -1.12. The fourth-order valence-corrected chi connectivity index (χ4v) is 3.11. The molecule has 0 saturated heterocycles. The maximum absolute atomic E-state index is 11.0. The molecule has 3 aromatic carbocycles. The molecule has 31 heavy (non-hydrogen) atoms. The Hall–Kier alpha value is -4.33. The van der Waals surface area contributed by atoms with Crippen molar-refractivity contribution in [2.24, 2.45) is 0 Å². The molecule has 0 fully saturated rings. The summed E-state index contributed by atoms with van der Waals surface area (Å²) in [6, 6.07) is 20.1. The number of hydrogen-bond donors (Lipinski definition) is 3. The summed E-state index contributed by atoms with van der Waals surface area (Å²) < 4.78 is 11.2. The number of ether oxygens (including phenoxy) is 2. The van der Waals surface area contributed by atoms with Crippen molar-refractivity contribution in [3.05, 3.63) is 78.5 Å². The number of hydrogen-bond acceptors (Lipinski definition) is 6. The Bertz CT molecular complexity index is 1210. The van der Waals surface area contributed by atoms with E-state index in [1.165, 1.54) is 0 Å². The quantitative estimate of drug-likeness (QED) is 0.383. The summed E-state index contributed by atoms with van der Waals surface area (Å²) in [5, 5.41) is 16.1. The van der Waals surface area contributed by atoms with Crippen molar-refractivity contribution in [3.63, 3.8) is 0 Å². The first-order valence-corrected chi connectivity index (χ1v) is 9.52. The van der Waals surface area contributed by atoms with Gasteiger partial charge in [-0.05, 0) is 29.8 Å². The molecule has 1 heterocycles. The molecule has 0 bridgehead atoms. The van der Waals surface area contributed by atoms with Gasteiger partial charge in [-0.15, -0.1) is 0 Å². The van der Waals surface area contributed by atoms with Crippen LogP contribution in [0.25, 0.3) is 10.8 Å². The number of fused-ring (bicyclic) bond motifs is 1. The molecule has 0 aliphatic heterocycles. The van der Waals surface area contributed by atoms with E-state index in [2.05, 4.69) is 20.6 Å². The fraction of sp³-hybridized carbons (Fsp3) is 0.0870. The highest BCUT2D eigenvalue weighted by Gasteiger charge is 2.10. The molecular weight excluding hydrogens is 396 g/mol. The number of carboxylic acid groups (broad SMARTS) is 1. The van der Waals surface area contributed by atoms with Crippen LogP contribution >= 0.6 is 0 Å². The van der Waals surface area contributed by atoms with Crippen LogP contribution in [0.15, 0.2) is 72.9 Å². The van der Waals surface area contributed by atoms with Gasteiger partial charge >= 0.3 is 6.09 Å². The molecule has 0 unspecified atom stereocenters. The van der Waals surface area contributed by atoms with Gasteiger partial charge in [-0.25, -0.2) is 9.78 Å². The Labute approximate surface area is 178 Å². The van der Waals surface area contributed by atoms with E-state index in [1.54, 1.807) is 31.5 Å². The van der Waals surface area contributed by atoms with Crippen LogP contribution in [0, 0.1) is 0 Å². The molecule has 1 aromatic heterocycles. The third kappa shape index (κ3) is 4.81. The molecule has 3 N–H and O–H groups in total. The van der Waals surface area contributed by atoms with Gasteiger partial charge in [0.2, 0.25) is 11.8 Å². The average Bonchev–Trinajstić information content (AvgIpc) is 2.80. The Morgan fingerprint density at radius 3 is 2.52 bits per heavy atom. The molecule has 0 saturated carbocycles. The van der Waals surface area contributed by atoms with E-state index in [4.69, 9.17) is 14.6 Å². The zero-order valence-electron chi connectivity index (χ0n) is 16.7. The van der Waals surface area contributed by atoms with E-state index in [9.17, 15) is 4.79 Å². The second kappa shape index (κ2) is 9.00. The zero-order chi connectivity index (χ0) is 21.6. The lowest BCUT2D eigenvalue weighted by Gasteiger charge is -2.12. The van der Waals surface area contributed by atoms with Gasteiger partial charge in [0.25, 0.3) is 0 Å². The van der Waals surface area contributed by atoms with E-state index in [-0.39, 0.29) is 0 Å². The Balaban J connectivity index is 1.52. The SMILES string of the molecule is COc1ccc(CNc2nccc(Oc3ccc(NC(=O)O)c4ccccc34)n2)cc1. The minimum Gasteiger partial charge on any atom is -0.497 e. The normalized spacial score (nSPS) is 10.5. The molecule has 0 aliphatic carbocycles. The first-order chi connectivity index (χ1) is 15.1. The molecule has 8 nitrogen and oxygen atoms in total. The second-order valence-corrected chi connectivity index (χ2v) is 6.61. The van der Waals surface area contributed by atoms with Gasteiger partial charge in [0.1, 0.15) is 11.5 Å². The minimum absolute atomic E-state index is 0.372. The number of benzene rings is 3. The molecule has 0 radical (unpaired) electrons. The van der Waals surface area contributed by atoms with Crippen molar-refractivity contribution in [3.8, 4) is 17.4 Å². The highest BCUT2D eigenvalue weighted by Crippen LogP contribution is 2.34. The number of amides is 1. The molecule has 0 aliphatic rings. The second-order valence-electron chi connectivity index (χ2n) is 6.61. The third-order valence-corrected chi connectivity index (χ3v) is 4.58. The zero-order valence-corrected chi connectivity index (χ0v) is 16.7. The van der Waals surface area contributed by atoms with Crippen molar-refractivity contribution in [1.29, 1.82) is 0 Å². The third-order valence-electron chi connectivity index (χ3n) is 4.58. The summed E-state index contributed by atoms with van der Waals surface area (Å²) in [5.74, 6) is 2.16. The van der Waals surface area contributed by atoms with E-state index < -0.39 is 6.09 Å². The molecule has 156 valence electrons. The topological polar surface area (TPSA) is 106 Å². The monoisotopic (exact) mass is 416 g/mol. The van der Waals surface area contributed by atoms with Crippen molar-refractivity contribution in [1.82, 2.24) is 9.97 Å². The summed E-state index contributed by atoms with van der Waals surface area (Å²) in [7, 11) is 1.63. The predicted octanol–water partition coefficient (Wildman–Crippen LogP) is 5.13. The standard InChI is InChI=1S/C23H20N4O4/c1-30-16-8-6-15(7-9-16)14-25-22-24-13-12-21(27-22)31-20-11-10-19(26-23(28)29)17-4-2-3-5-18(17)20/h2-13,26H,14H2,1H3,(H,28,29)(H,24,25,27). The lowest BCUT2D eigenvalue weighted by atomic mass is 10.1. The first kappa shape index (κ1) is 20.0. The molecule has 4 rings (SSSR count). The van der Waals surface area contributed by atoms with Crippen LogP contribution in [-0.2, 0) is 6.54 Å². The Morgan fingerprint density at radius 2 is 1.77 bits per heavy atom. The van der Waals surface area contributed by atoms with E-state index in [1.807, 2.05) is 48.5 Å². The summed E-state index contributed by atoms with van der Waals surface area (Å²) >= 11 is 0. The van der Waals surface area contributed by atoms with Crippen LogP contribution in [0.3, 0.4) is 0 Å². The van der Waals surface area contributed by atoms with Gasteiger partial charge < -0.3 is 19.9 Å². The number of rotatable bonds is 7. The van der Waals surface area contributed by atoms with Crippen molar-refractivity contribution >= 4 is 28.5 Å². The number of nitrogens with zero attached hydrogens (tertiary/aromatic N) is 2. The molecule has 0 atom stereocenters. The van der Waals surface area contributed by atoms with Crippen LogP contribution in [0.5, 0.6) is 17.4 Å². The lowest BCUT2D eigenvalue weighted by Crippen LogP contribution is -2.07. The van der Waals surface area contributed by atoms with E-state index in [0.717, 1.165) is 22.1 Å². The summed E-state index contributed by atoms with van der Waals surface area (Å²) in [6.07, 6.45) is 0.489. The average molecular weight is 416 g/mol. The number of anilines is 2. The molecule has 4 aromatic rings. The number of nitrogens with one attached hydrogen (secondary N) is 2. The maximum Gasteiger partial charge on any atom is 0.409 e. The van der Waals surface area contributed by atoms with Gasteiger partial charge in [-0.3, -0.25) is 5.32 Å². The molecule has 0 spiro atoms. The summed E-state index contributed by atoms with van der Waals surface area (Å²) in [6.45, 7) is 0.548.